The van der Waals surface area contributed by atoms with E-state index in [4.69, 9.17) is 0 Å². The smallest absolute Gasteiger partial charge is 0.430 e. The summed E-state index contributed by atoms with van der Waals surface area (Å²) >= 11 is 0. The Morgan fingerprint density at radius 2 is 1.39 bits per heavy atom. The first-order chi connectivity index (χ1) is 15.1. The Morgan fingerprint density at radius 3 is 1.85 bits per heavy atom. The maximum Gasteiger partial charge on any atom is 1.00 e. The van der Waals surface area contributed by atoms with E-state index < -0.39 is 20.0 Å². The number of anilines is 2. The van der Waals surface area contributed by atoms with Gasteiger partial charge in [0.15, 0.2) is 0 Å². The second-order valence-corrected chi connectivity index (χ2v) is 11.3. The van der Waals surface area contributed by atoms with E-state index in [0.717, 1.165) is 4.31 Å². The largest absolute Gasteiger partial charge is 1.00 e. The normalized spacial score (nSPS) is 13.6. The molecule has 7 nitrogen and oxygen atoms in total. The van der Waals surface area contributed by atoms with Crippen LogP contribution in [0, 0.1) is 20.3 Å². The Hall–Kier alpha value is -1.50. The molecule has 0 heterocycles. The quantitative estimate of drug-likeness (QED) is 0.445. The fourth-order valence-corrected chi connectivity index (χ4v) is 5.09. The Morgan fingerprint density at radius 1 is 0.879 bits per heavy atom. The van der Waals surface area contributed by atoms with Gasteiger partial charge in [-0.15, -0.1) is 13.1 Å². The molecule has 3 rings (SSSR count). The summed E-state index contributed by atoms with van der Waals surface area (Å²) in [6, 6.07) is 12.0. The summed E-state index contributed by atoms with van der Waals surface area (Å²) in [6.07, 6.45) is 8.00. The molecule has 0 unspecified atom stereocenters. The molecule has 33 heavy (non-hydrogen) atoms. The monoisotopic (exact) mass is 485 g/mol. The molecule has 0 bridgehead atoms. The molecule has 0 aromatic heterocycles. The fraction of sp³-hybridized carbons (Fsp3) is 0.348. The minimum atomic E-state index is -3.89. The van der Waals surface area contributed by atoms with Crippen molar-refractivity contribution in [3.05, 3.63) is 68.8 Å². The van der Waals surface area contributed by atoms with Gasteiger partial charge in [0.2, 0.25) is 10.0 Å². The standard InChI is InChI=1S/C18H23N3O4S2.C5H9.Li/c1-5-21(6-2)18-10-8-7-9-17(18)19-26(22,23)15-11-13-16(14-12-15)27(24,25)20(3)4;1-2-4-5-3-1;/h7-14,19H,1-2,5-6H2,3-4H3;1H,2-5H2;/q-2;-1;+1. The molecule has 2 aromatic carbocycles. The molecule has 0 radical (unpaired) electrons. The molecular weight excluding hydrogens is 453 g/mol. The number of hydrogen-bond acceptors (Lipinski definition) is 5. The molecule has 1 aliphatic carbocycles. The zero-order valence-electron chi connectivity index (χ0n) is 19.7. The molecule has 0 atom stereocenters. The number of sulfonamides is 2. The van der Waals surface area contributed by atoms with Gasteiger partial charge in [0.05, 0.1) is 21.2 Å². The van der Waals surface area contributed by atoms with Crippen LogP contribution in [-0.4, -0.2) is 48.3 Å². The van der Waals surface area contributed by atoms with Gasteiger partial charge in [-0.3, -0.25) is 4.72 Å². The van der Waals surface area contributed by atoms with Crippen molar-refractivity contribution in [1.82, 2.24) is 4.31 Å². The van der Waals surface area contributed by atoms with Crippen LogP contribution in [0.25, 0.3) is 0 Å². The number of nitrogens with zero attached hydrogens (tertiary/aromatic N) is 2. The van der Waals surface area contributed by atoms with Crippen molar-refractivity contribution in [2.45, 2.75) is 35.5 Å². The molecule has 10 heteroatoms. The Balaban J connectivity index is 0.000000799. The molecule has 1 fully saturated rings. The van der Waals surface area contributed by atoms with Crippen molar-refractivity contribution in [2.75, 3.05) is 36.8 Å². The zero-order chi connectivity index (χ0) is 23.8. The number of hydrogen-bond donors (Lipinski definition) is 1. The summed E-state index contributed by atoms with van der Waals surface area (Å²) in [5, 5.41) is 0. The number of nitrogens with one attached hydrogen (secondary N) is 1. The first-order valence-electron chi connectivity index (χ1n) is 10.4. The maximum absolute atomic E-state index is 12.7. The molecule has 0 amide bonds. The fourth-order valence-electron chi connectivity index (χ4n) is 3.12. The van der Waals surface area contributed by atoms with E-state index in [-0.39, 0.29) is 28.7 Å². The van der Waals surface area contributed by atoms with Crippen molar-refractivity contribution < 1.29 is 35.7 Å². The maximum atomic E-state index is 12.7. The molecule has 0 aliphatic heterocycles. The predicted octanol–water partition coefficient (Wildman–Crippen LogP) is 0.981. The molecule has 2 aromatic rings. The molecule has 1 N–H and O–H groups in total. The summed E-state index contributed by atoms with van der Waals surface area (Å²) in [6.45, 7) is 8.51. The van der Waals surface area contributed by atoms with Gasteiger partial charge in [0, 0.05) is 14.1 Å². The first-order valence-corrected chi connectivity index (χ1v) is 13.4. The van der Waals surface area contributed by atoms with Gasteiger partial charge in [0.25, 0.3) is 10.0 Å². The zero-order valence-corrected chi connectivity index (χ0v) is 21.3. The van der Waals surface area contributed by atoms with Crippen LogP contribution in [0.15, 0.2) is 58.3 Å². The Labute approximate surface area is 211 Å². The Kier molecular flexibility index (Phi) is 12.0. The van der Waals surface area contributed by atoms with Crippen LogP contribution >= 0.6 is 0 Å². The van der Waals surface area contributed by atoms with Gasteiger partial charge in [0.1, 0.15) is 0 Å². The van der Waals surface area contributed by atoms with E-state index in [2.05, 4.69) is 25.0 Å². The van der Waals surface area contributed by atoms with Crippen LogP contribution in [0.5, 0.6) is 0 Å². The second kappa shape index (κ2) is 13.4. The Bertz CT molecular complexity index is 1060. The SMILES string of the molecule is [CH-]1CCCC1.[CH2-]CN(C[CH2-])c1ccccc1NS(=O)(=O)c1ccc(S(=O)(=O)N(C)C)cc1.[Li+]. The van der Waals surface area contributed by atoms with E-state index in [0.29, 0.717) is 24.5 Å². The number of para-hydroxylation sites is 2. The van der Waals surface area contributed by atoms with Gasteiger partial charge >= 0.3 is 18.9 Å². The van der Waals surface area contributed by atoms with Crippen LogP contribution in [0.2, 0.25) is 0 Å². The molecule has 0 saturated heterocycles. The van der Waals surface area contributed by atoms with Crippen molar-refractivity contribution in [2.24, 2.45) is 0 Å². The van der Waals surface area contributed by atoms with Gasteiger partial charge in [-0.25, -0.2) is 21.1 Å². The summed E-state index contributed by atoms with van der Waals surface area (Å²) in [4.78, 5) is 1.81. The minimum absolute atomic E-state index is 0. The molecular formula is C23H32LiN3O4S2-2. The topological polar surface area (TPSA) is 86.8 Å². The third kappa shape index (κ3) is 8.04. The minimum Gasteiger partial charge on any atom is -0.430 e. The van der Waals surface area contributed by atoms with Gasteiger partial charge < -0.3 is 25.2 Å². The van der Waals surface area contributed by atoms with E-state index in [9.17, 15) is 16.8 Å². The first kappa shape index (κ1) is 29.5. The van der Waals surface area contributed by atoms with Crippen LogP contribution in [-0.2, 0) is 20.0 Å². The number of rotatable bonds is 8. The van der Waals surface area contributed by atoms with Crippen LogP contribution in [0.1, 0.15) is 25.7 Å². The van der Waals surface area contributed by atoms with Crippen molar-refractivity contribution in [3.63, 3.8) is 0 Å². The molecule has 1 saturated carbocycles. The van der Waals surface area contributed by atoms with Crippen LogP contribution in [0.3, 0.4) is 0 Å². The van der Waals surface area contributed by atoms with E-state index in [1.807, 2.05) is 4.90 Å². The second-order valence-electron chi connectivity index (χ2n) is 7.44. The summed E-state index contributed by atoms with van der Waals surface area (Å²) in [5.41, 5.74) is 1.06. The van der Waals surface area contributed by atoms with E-state index in [1.165, 1.54) is 64.0 Å². The molecule has 0 spiro atoms. The van der Waals surface area contributed by atoms with Gasteiger partial charge in [-0.05, 0) is 36.4 Å². The van der Waals surface area contributed by atoms with E-state index >= 15 is 0 Å². The third-order valence-corrected chi connectivity index (χ3v) is 8.22. The van der Waals surface area contributed by atoms with Crippen molar-refractivity contribution in [3.8, 4) is 0 Å². The summed E-state index contributed by atoms with van der Waals surface area (Å²) in [7, 11) is -4.70. The molecule has 178 valence electrons. The van der Waals surface area contributed by atoms with Crippen molar-refractivity contribution >= 4 is 31.4 Å². The van der Waals surface area contributed by atoms with E-state index in [1.54, 1.807) is 24.3 Å². The van der Waals surface area contributed by atoms with Crippen LogP contribution < -0.4 is 28.5 Å². The van der Waals surface area contributed by atoms with Crippen molar-refractivity contribution in [1.29, 1.82) is 0 Å². The summed E-state index contributed by atoms with van der Waals surface area (Å²) in [5.74, 6) is 0. The molecule has 1 aliphatic rings. The third-order valence-electron chi connectivity index (χ3n) is 5.01. The summed E-state index contributed by atoms with van der Waals surface area (Å²) < 4.78 is 53.3. The average Bonchev–Trinajstić information content (AvgIpc) is 3.36. The average molecular weight is 486 g/mol. The van der Waals surface area contributed by atoms with Gasteiger partial charge in [-0.1, -0.05) is 25.0 Å². The van der Waals surface area contributed by atoms with Gasteiger partial charge in [-0.2, -0.15) is 12.8 Å². The predicted molar refractivity (Wildman–Crippen MR) is 130 cm³/mol. The number of benzene rings is 2. The van der Waals surface area contributed by atoms with Crippen LogP contribution in [0.4, 0.5) is 11.4 Å².